The molecule has 1 aromatic heterocycles. The summed E-state index contributed by atoms with van der Waals surface area (Å²) in [5.74, 6) is -0.262. The van der Waals surface area contributed by atoms with Crippen LogP contribution in [0, 0.1) is 5.82 Å². The Bertz CT molecular complexity index is 492. The van der Waals surface area contributed by atoms with Crippen LogP contribution in [0.3, 0.4) is 0 Å². The zero-order valence-electron chi connectivity index (χ0n) is 7.59. The number of hydrogen-bond acceptors (Lipinski definition) is 4. The van der Waals surface area contributed by atoms with Gasteiger partial charge in [-0.3, -0.25) is 4.98 Å². The smallest absolute Gasteiger partial charge is 0.511 e. The third-order valence-electron chi connectivity index (χ3n) is 1.90. The molecule has 76 valence electrons. The van der Waals surface area contributed by atoms with Gasteiger partial charge >= 0.3 is 7.32 Å². The molecule has 1 aromatic carbocycles. The monoisotopic (exact) mass is 207 g/mol. The van der Waals surface area contributed by atoms with E-state index in [0.717, 1.165) is 0 Å². The molecule has 1 heterocycles. The molecule has 0 atom stereocenters. The minimum absolute atomic E-state index is 0.175. The van der Waals surface area contributed by atoms with E-state index in [2.05, 4.69) is 9.64 Å². The third kappa shape index (κ3) is 2.06. The average Bonchev–Trinajstić information content (AvgIpc) is 2.18. The molecule has 2 rings (SSSR count). The number of aromatic nitrogens is 1. The molecule has 0 unspecified atom stereocenters. The van der Waals surface area contributed by atoms with Gasteiger partial charge in [-0.1, -0.05) is 0 Å². The summed E-state index contributed by atoms with van der Waals surface area (Å²) in [6.45, 7) is 0. The van der Waals surface area contributed by atoms with Gasteiger partial charge in [0.15, 0.2) is 0 Å². The molecule has 0 radical (unpaired) electrons. The Hall–Kier alpha value is -1.66. The van der Waals surface area contributed by atoms with Crippen LogP contribution in [0.15, 0.2) is 30.5 Å². The van der Waals surface area contributed by atoms with Crippen molar-refractivity contribution in [1.29, 1.82) is 0 Å². The van der Waals surface area contributed by atoms with Gasteiger partial charge in [-0.2, -0.15) is 0 Å². The minimum Gasteiger partial charge on any atom is -0.511 e. The SMILES string of the molecule is OB(O)Oc1ccnc2ccc(F)cc12. The van der Waals surface area contributed by atoms with E-state index < -0.39 is 13.1 Å². The molecule has 6 heteroatoms. The molecule has 2 aromatic rings. The van der Waals surface area contributed by atoms with Crippen LogP contribution in [0.5, 0.6) is 5.75 Å². The first-order valence-corrected chi connectivity index (χ1v) is 4.24. The Morgan fingerprint density at radius 2 is 2.07 bits per heavy atom. The zero-order valence-corrected chi connectivity index (χ0v) is 7.59. The Kier molecular flexibility index (Phi) is 2.53. The van der Waals surface area contributed by atoms with Crippen LogP contribution in [-0.2, 0) is 0 Å². The highest BCUT2D eigenvalue weighted by Gasteiger charge is 2.13. The normalized spacial score (nSPS) is 10.3. The quantitative estimate of drug-likeness (QED) is 0.712. The second kappa shape index (κ2) is 3.84. The minimum atomic E-state index is -1.93. The van der Waals surface area contributed by atoms with Gasteiger partial charge in [-0.05, 0) is 24.3 Å². The number of fused-ring (bicyclic) bond motifs is 1. The average molecular weight is 207 g/mol. The summed E-state index contributed by atoms with van der Waals surface area (Å²) < 4.78 is 17.6. The van der Waals surface area contributed by atoms with Crippen LogP contribution in [0.4, 0.5) is 4.39 Å². The van der Waals surface area contributed by atoms with Crippen LogP contribution in [0.1, 0.15) is 0 Å². The van der Waals surface area contributed by atoms with E-state index in [4.69, 9.17) is 10.0 Å². The lowest BCUT2D eigenvalue weighted by atomic mass is 10.2. The summed E-state index contributed by atoms with van der Waals surface area (Å²) in [7, 11) is -1.93. The van der Waals surface area contributed by atoms with Gasteiger partial charge in [-0.25, -0.2) is 4.39 Å². The summed E-state index contributed by atoms with van der Waals surface area (Å²) in [6.07, 6.45) is 1.44. The predicted molar refractivity (Wildman–Crippen MR) is 52.5 cm³/mol. The third-order valence-corrected chi connectivity index (χ3v) is 1.90. The van der Waals surface area contributed by atoms with Gasteiger partial charge in [0.1, 0.15) is 11.6 Å². The van der Waals surface area contributed by atoms with Gasteiger partial charge in [-0.15, -0.1) is 0 Å². The Labute approximate surface area is 85.1 Å². The first kappa shape index (κ1) is 9.88. The van der Waals surface area contributed by atoms with Crippen LogP contribution in [0.2, 0.25) is 0 Å². The van der Waals surface area contributed by atoms with E-state index in [1.165, 1.54) is 30.5 Å². The van der Waals surface area contributed by atoms with Crippen molar-refractivity contribution in [2.24, 2.45) is 0 Å². The topological polar surface area (TPSA) is 62.6 Å². The molecule has 0 amide bonds. The number of benzene rings is 1. The maximum atomic E-state index is 12.9. The summed E-state index contributed by atoms with van der Waals surface area (Å²) in [6, 6.07) is 5.41. The van der Waals surface area contributed by atoms with E-state index in [-0.39, 0.29) is 5.75 Å². The summed E-state index contributed by atoms with van der Waals surface area (Å²) in [5.41, 5.74) is 0.523. The second-order valence-corrected chi connectivity index (χ2v) is 2.91. The van der Waals surface area contributed by atoms with Crippen molar-refractivity contribution in [3.8, 4) is 5.75 Å². The van der Waals surface area contributed by atoms with Crippen molar-refractivity contribution >= 4 is 18.2 Å². The van der Waals surface area contributed by atoms with Crippen LogP contribution in [-0.4, -0.2) is 22.4 Å². The maximum absolute atomic E-state index is 12.9. The summed E-state index contributed by atoms with van der Waals surface area (Å²) in [4.78, 5) is 3.98. The Morgan fingerprint density at radius 1 is 1.27 bits per heavy atom. The number of pyridine rings is 1. The first-order valence-electron chi connectivity index (χ1n) is 4.24. The lowest BCUT2D eigenvalue weighted by Gasteiger charge is -2.07. The molecule has 0 aliphatic carbocycles. The summed E-state index contributed by atoms with van der Waals surface area (Å²) in [5, 5.41) is 17.7. The lowest BCUT2D eigenvalue weighted by Crippen LogP contribution is -2.20. The van der Waals surface area contributed by atoms with Gasteiger partial charge < -0.3 is 14.7 Å². The van der Waals surface area contributed by atoms with Gasteiger partial charge in [0, 0.05) is 11.6 Å². The first-order chi connectivity index (χ1) is 7.16. The molecule has 0 saturated carbocycles. The van der Waals surface area contributed by atoms with Crippen LogP contribution >= 0.6 is 0 Å². The largest absolute Gasteiger partial charge is 0.707 e. The van der Waals surface area contributed by atoms with Crippen molar-refractivity contribution in [2.75, 3.05) is 0 Å². The van der Waals surface area contributed by atoms with Gasteiger partial charge in [0.05, 0.1) is 5.52 Å². The zero-order chi connectivity index (χ0) is 10.8. The lowest BCUT2D eigenvalue weighted by molar-refractivity contribution is 0.289. The van der Waals surface area contributed by atoms with Crippen molar-refractivity contribution < 1.29 is 19.1 Å². The van der Waals surface area contributed by atoms with E-state index in [1.807, 2.05) is 0 Å². The second-order valence-electron chi connectivity index (χ2n) is 2.91. The molecule has 0 bridgehead atoms. The molecule has 2 N–H and O–H groups in total. The van der Waals surface area contributed by atoms with E-state index in [1.54, 1.807) is 0 Å². The van der Waals surface area contributed by atoms with Crippen molar-refractivity contribution in [2.45, 2.75) is 0 Å². The van der Waals surface area contributed by atoms with E-state index >= 15 is 0 Å². The van der Waals surface area contributed by atoms with Crippen LogP contribution < -0.4 is 4.65 Å². The highest BCUT2D eigenvalue weighted by molar-refractivity contribution is 6.34. The van der Waals surface area contributed by atoms with Gasteiger partial charge in [0.25, 0.3) is 0 Å². The molecule has 0 aliphatic rings. The van der Waals surface area contributed by atoms with E-state index in [0.29, 0.717) is 10.9 Å². The van der Waals surface area contributed by atoms with Crippen molar-refractivity contribution in [3.05, 3.63) is 36.3 Å². The fraction of sp³-hybridized carbons (Fsp3) is 0. The van der Waals surface area contributed by atoms with Crippen LogP contribution in [0.25, 0.3) is 10.9 Å². The highest BCUT2D eigenvalue weighted by atomic mass is 19.1. The maximum Gasteiger partial charge on any atom is 0.707 e. The molecule has 4 nitrogen and oxygen atoms in total. The fourth-order valence-corrected chi connectivity index (χ4v) is 1.31. The standard InChI is InChI=1S/C9H7BFNO3/c11-6-1-2-8-7(5-6)9(3-4-12-8)15-10(13)14/h1-5,13-14H. The van der Waals surface area contributed by atoms with Crippen molar-refractivity contribution in [3.63, 3.8) is 0 Å². The Balaban J connectivity index is 2.58. The fourth-order valence-electron chi connectivity index (χ4n) is 1.31. The summed E-state index contributed by atoms with van der Waals surface area (Å²) >= 11 is 0. The number of halogens is 1. The highest BCUT2D eigenvalue weighted by Crippen LogP contribution is 2.24. The molecular weight excluding hydrogens is 200 g/mol. The Morgan fingerprint density at radius 3 is 2.80 bits per heavy atom. The molecule has 0 saturated heterocycles. The van der Waals surface area contributed by atoms with Crippen molar-refractivity contribution in [1.82, 2.24) is 4.98 Å². The van der Waals surface area contributed by atoms with E-state index in [9.17, 15) is 4.39 Å². The number of nitrogens with zero attached hydrogens (tertiary/aromatic N) is 1. The molecule has 0 fully saturated rings. The molecule has 0 aliphatic heterocycles. The van der Waals surface area contributed by atoms with Gasteiger partial charge in [0.2, 0.25) is 0 Å². The molecule has 15 heavy (non-hydrogen) atoms. The molecule has 0 spiro atoms. The molecular formula is C9H7BFNO3. The predicted octanol–water partition coefficient (Wildman–Crippen LogP) is 0.722. The number of rotatable bonds is 2. The number of hydrogen-bond donors (Lipinski definition) is 2.